The van der Waals surface area contributed by atoms with Gasteiger partial charge in [-0.05, 0) is 117 Å². The first-order valence-corrected chi connectivity index (χ1v) is 16.0. The predicted octanol–water partition coefficient (Wildman–Crippen LogP) is 6.85. The number of aromatic hydroxyl groups is 1. The normalized spacial score (nSPS) is 22.9. The number of hydrogen-bond donors (Lipinski definition) is 1. The average molecular weight is 601 g/mol. The molecule has 2 aliphatic heterocycles. The summed E-state index contributed by atoms with van der Waals surface area (Å²) in [7, 11) is 4.23. The summed E-state index contributed by atoms with van der Waals surface area (Å²) in [5.74, 6) is -1.89. The van der Waals surface area contributed by atoms with Gasteiger partial charge in [-0.15, -0.1) is 0 Å². The fourth-order valence-corrected chi connectivity index (χ4v) is 7.46. The second-order valence-corrected chi connectivity index (χ2v) is 17.0. The Morgan fingerprint density at radius 2 is 1.14 bits per heavy atom. The molecule has 2 heterocycles. The van der Waals surface area contributed by atoms with Gasteiger partial charge in [0.2, 0.25) is 0 Å². The quantitative estimate of drug-likeness (QED) is 0.282. The summed E-state index contributed by atoms with van der Waals surface area (Å²) in [6, 6.07) is 1.95. The second-order valence-electron chi connectivity index (χ2n) is 17.0. The molecule has 0 spiro atoms. The van der Waals surface area contributed by atoms with Crippen LogP contribution in [0.25, 0.3) is 0 Å². The summed E-state index contributed by atoms with van der Waals surface area (Å²) >= 11 is 0. The zero-order valence-corrected chi connectivity index (χ0v) is 29.8. The summed E-state index contributed by atoms with van der Waals surface area (Å²) in [4.78, 5) is 32.8. The minimum atomic E-state index is -1.10. The van der Waals surface area contributed by atoms with Gasteiger partial charge in [0.05, 0.1) is 0 Å². The number of hydrogen-bond acceptors (Lipinski definition) is 7. The lowest BCUT2D eigenvalue weighted by Crippen LogP contribution is -2.61. The standard InChI is InChI=1S/C36H60N2O5/c1-22-23(2)29(39)28(32(3,4)5)17-24(22)16-27(30(40)42-25-18-33(6,7)37(14)34(8,9)19-25)31(41)43-26-20-35(10,11)38(15)36(12,13)21-26/h17,25-27,39H,16,18-21H2,1-15H3. The number of likely N-dealkylation sites (tertiary alicyclic amines) is 2. The van der Waals surface area contributed by atoms with Crippen molar-refractivity contribution in [1.82, 2.24) is 9.80 Å². The van der Waals surface area contributed by atoms with Crippen LogP contribution in [0.5, 0.6) is 5.75 Å². The van der Waals surface area contributed by atoms with Gasteiger partial charge in [-0.25, -0.2) is 0 Å². The van der Waals surface area contributed by atoms with Crippen LogP contribution >= 0.6 is 0 Å². The molecular formula is C36H60N2O5. The molecule has 0 amide bonds. The van der Waals surface area contributed by atoms with E-state index < -0.39 is 17.9 Å². The Hall–Kier alpha value is -2.12. The van der Waals surface area contributed by atoms with Crippen molar-refractivity contribution in [2.45, 2.75) is 162 Å². The van der Waals surface area contributed by atoms with Gasteiger partial charge in [0.15, 0.2) is 5.92 Å². The summed E-state index contributed by atoms with van der Waals surface area (Å²) in [5.41, 5.74) is 2.31. The van der Waals surface area contributed by atoms with Crippen LogP contribution in [-0.4, -0.2) is 75.3 Å². The van der Waals surface area contributed by atoms with E-state index in [9.17, 15) is 14.7 Å². The maximum absolute atomic E-state index is 14.1. The number of piperidine rings is 2. The van der Waals surface area contributed by atoms with E-state index in [0.717, 1.165) is 22.3 Å². The fourth-order valence-electron chi connectivity index (χ4n) is 7.46. The van der Waals surface area contributed by atoms with Gasteiger partial charge in [0.25, 0.3) is 0 Å². The Balaban J connectivity index is 1.98. The van der Waals surface area contributed by atoms with Crippen LogP contribution in [0.2, 0.25) is 0 Å². The third-order valence-electron chi connectivity index (χ3n) is 10.9. The number of phenols is 1. The maximum Gasteiger partial charge on any atom is 0.320 e. The van der Waals surface area contributed by atoms with Crippen molar-refractivity contribution >= 4 is 11.9 Å². The number of esters is 2. The van der Waals surface area contributed by atoms with Crippen molar-refractivity contribution < 1.29 is 24.2 Å². The minimum absolute atomic E-state index is 0.159. The van der Waals surface area contributed by atoms with Gasteiger partial charge >= 0.3 is 11.9 Å². The van der Waals surface area contributed by atoms with Gasteiger partial charge in [0, 0.05) is 47.8 Å². The van der Waals surface area contributed by atoms with Crippen LogP contribution < -0.4 is 0 Å². The predicted molar refractivity (Wildman–Crippen MR) is 174 cm³/mol. The monoisotopic (exact) mass is 600 g/mol. The highest BCUT2D eigenvalue weighted by molar-refractivity contribution is 5.95. The molecule has 43 heavy (non-hydrogen) atoms. The van der Waals surface area contributed by atoms with Crippen molar-refractivity contribution in [2.75, 3.05) is 14.1 Å². The largest absolute Gasteiger partial charge is 0.507 e. The minimum Gasteiger partial charge on any atom is -0.507 e. The molecule has 1 aromatic carbocycles. The number of rotatable bonds is 6. The number of phenolic OH excluding ortho intramolecular Hbond substituents is 1. The van der Waals surface area contributed by atoms with Crippen LogP contribution in [0.15, 0.2) is 6.07 Å². The number of nitrogens with zero attached hydrogens (tertiary/aromatic N) is 2. The van der Waals surface area contributed by atoms with Crippen LogP contribution in [0.1, 0.15) is 124 Å². The van der Waals surface area contributed by atoms with E-state index in [1.807, 2.05) is 40.7 Å². The van der Waals surface area contributed by atoms with Crippen molar-refractivity contribution in [1.29, 1.82) is 0 Å². The van der Waals surface area contributed by atoms with Gasteiger partial charge in [-0.3, -0.25) is 19.4 Å². The van der Waals surface area contributed by atoms with E-state index in [0.29, 0.717) is 25.7 Å². The lowest BCUT2D eigenvalue weighted by Gasteiger charge is -2.53. The molecular weight excluding hydrogens is 540 g/mol. The summed E-state index contributed by atoms with van der Waals surface area (Å²) in [5, 5.41) is 11.0. The van der Waals surface area contributed by atoms with E-state index in [2.05, 4.69) is 79.3 Å². The van der Waals surface area contributed by atoms with Gasteiger partial charge < -0.3 is 14.6 Å². The Labute approximate surface area is 261 Å². The third-order valence-corrected chi connectivity index (χ3v) is 10.9. The number of benzene rings is 1. The number of carbonyl (C=O) groups is 2. The zero-order valence-electron chi connectivity index (χ0n) is 29.8. The zero-order chi connectivity index (χ0) is 33.1. The maximum atomic E-state index is 14.1. The van der Waals surface area contributed by atoms with E-state index in [1.165, 1.54) is 0 Å². The molecule has 3 rings (SSSR count). The molecule has 0 unspecified atom stereocenters. The first-order chi connectivity index (χ1) is 19.3. The molecule has 1 aromatic rings. The van der Waals surface area contributed by atoms with Crippen molar-refractivity contribution in [3.63, 3.8) is 0 Å². The van der Waals surface area contributed by atoms with Crippen LogP contribution in [0.4, 0.5) is 0 Å². The summed E-state index contributed by atoms with van der Waals surface area (Å²) in [6.07, 6.45) is 2.28. The number of ether oxygens (including phenoxy) is 2. The highest BCUT2D eigenvalue weighted by Gasteiger charge is 2.47. The van der Waals surface area contributed by atoms with Crippen molar-refractivity contribution in [2.24, 2.45) is 5.92 Å². The molecule has 0 atom stereocenters. The molecule has 0 radical (unpaired) electrons. The lowest BCUT2D eigenvalue weighted by molar-refractivity contribution is -0.177. The summed E-state index contributed by atoms with van der Waals surface area (Å²) < 4.78 is 12.4. The highest BCUT2D eigenvalue weighted by atomic mass is 16.6. The Bertz CT molecular complexity index is 1130. The Morgan fingerprint density at radius 3 is 1.47 bits per heavy atom. The molecule has 2 fully saturated rings. The lowest BCUT2D eigenvalue weighted by atomic mass is 9.78. The highest BCUT2D eigenvalue weighted by Crippen LogP contribution is 2.41. The third kappa shape index (κ3) is 7.41. The Kier molecular flexibility index (Phi) is 9.59. The van der Waals surface area contributed by atoms with Crippen LogP contribution in [-0.2, 0) is 30.9 Å². The smallest absolute Gasteiger partial charge is 0.320 e. The first-order valence-electron chi connectivity index (χ1n) is 16.0. The van der Waals surface area contributed by atoms with Crippen LogP contribution in [0.3, 0.4) is 0 Å². The summed E-state index contributed by atoms with van der Waals surface area (Å²) in [6.45, 7) is 27.3. The second kappa shape index (κ2) is 11.7. The van der Waals surface area contributed by atoms with Gasteiger partial charge in [-0.2, -0.15) is 0 Å². The van der Waals surface area contributed by atoms with Gasteiger partial charge in [0.1, 0.15) is 18.0 Å². The SMILES string of the molecule is Cc1c(CC(C(=O)OC2CC(C)(C)N(C)C(C)(C)C2)C(=O)OC2CC(C)(C)N(C)C(C)(C)C2)cc(C(C)(C)C)c(O)c1C. The molecule has 0 aromatic heterocycles. The topological polar surface area (TPSA) is 79.3 Å². The molecule has 0 aliphatic carbocycles. The van der Waals surface area contributed by atoms with E-state index in [4.69, 9.17) is 9.47 Å². The van der Waals surface area contributed by atoms with Crippen LogP contribution in [0, 0.1) is 19.8 Å². The average Bonchev–Trinajstić information content (AvgIpc) is 2.82. The molecule has 2 saturated heterocycles. The van der Waals surface area contributed by atoms with E-state index in [1.54, 1.807) is 0 Å². The molecule has 7 heteroatoms. The van der Waals surface area contributed by atoms with Crippen molar-refractivity contribution in [3.8, 4) is 5.75 Å². The first kappa shape index (κ1) is 35.4. The molecule has 2 aliphatic rings. The van der Waals surface area contributed by atoms with E-state index >= 15 is 0 Å². The molecule has 0 bridgehead atoms. The Morgan fingerprint density at radius 1 is 0.791 bits per heavy atom. The fraction of sp³-hybridized carbons (Fsp3) is 0.778. The number of carbonyl (C=O) groups excluding carboxylic acids is 2. The van der Waals surface area contributed by atoms with E-state index in [-0.39, 0.29) is 51.9 Å². The van der Waals surface area contributed by atoms with Crippen molar-refractivity contribution in [3.05, 3.63) is 28.3 Å². The molecule has 7 nitrogen and oxygen atoms in total. The van der Waals surface area contributed by atoms with Gasteiger partial charge in [-0.1, -0.05) is 26.8 Å². The molecule has 244 valence electrons. The molecule has 0 saturated carbocycles. The molecule has 1 N–H and O–H groups in total.